The van der Waals surface area contributed by atoms with Gasteiger partial charge < -0.3 is 9.13 Å². The van der Waals surface area contributed by atoms with Gasteiger partial charge in [0, 0.05) is 0 Å². The lowest BCUT2D eigenvalue weighted by atomic mass is 10.2. The van der Waals surface area contributed by atoms with Gasteiger partial charge in [0.25, 0.3) is 0 Å². The summed E-state index contributed by atoms with van der Waals surface area (Å²) >= 11 is 0. The fourth-order valence-corrected chi connectivity index (χ4v) is 1.38. The van der Waals surface area contributed by atoms with Crippen LogP contribution in [0.15, 0.2) is 12.4 Å². The van der Waals surface area contributed by atoms with Crippen LogP contribution in [0.4, 0.5) is 0 Å². The van der Waals surface area contributed by atoms with Crippen LogP contribution < -0.4 is 4.57 Å². The molecule has 0 aromatic carbocycles. The second-order valence-corrected chi connectivity index (χ2v) is 4.49. The fourth-order valence-electron chi connectivity index (χ4n) is 1.38. The van der Waals surface area contributed by atoms with E-state index in [0.717, 1.165) is 13.1 Å². The van der Waals surface area contributed by atoms with Crippen LogP contribution in [-0.4, -0.2) is 4.57 Å². The monoisotopic (exact) mass is 180 g/mol. The van der Waals surface area contributed by atoms with E-state index >= 15 is 0 Å². The molecular weight excluding hydrogens is 160 g/mol. The first-order chi connectivity index (χ1) is 6.08. The molecule has 0 spiro atoms. The zero-order valence-electron chi connectivity index (χ0n) is 9.12. The Hall–Kier alpha value is -0.790. The van der Waals surface area contributed by atoms with E-state index in [0.29, 0.717) is 11.8 Å². The number of hydrogen-bond donors (Lipinski definition) is 0. The highest BCUT2D eigenvalue weighted by molar-refractivity contribution is 4.65. The molecule has 13 heavy (non-hydrogen) atoms. The Balaban J connectivity index is 2.53. The maximum absolute atomic E-state index is 3.31. The van der Waals surface area contributed by atoms with Crippen molar-refractivity contribution in [1.29, 1.82) is 0 Å². The average Bonchev–Trinajstić information content (AvgIpc) is 2.33. The predicted molar refractivity (Wildman–Crippen MR) is 53.1 cm³/mol. The average molecular weight is 180 g/mol. The van der Waals surface area contributed by atoms with Crippen LogP contribution in [0.25, 0.3) is 0 Å². The van der Waals surface area contributed by atoms with Gasteiger partial charge in [0.05, 0.1) is 13.1 Å². The molecule has 0 amide bonds. The van der Waals surface area contributed by atoms with Crippen LogP contribution in [0.2, 0.25) is 0 Å². The second kappa shape index (κ2) is 4.45. The van der Waals surface area contributed by atoms with E-state index in [1.807, 2.05) is 0 Å². The number of nitrogens with zero attached hydrogens (tertiary/aromatic N) is 2. The fraction of sp³-hybridized carbons (Fsp3) is 0.727. The predicted octanol–water partition coefficient (Wildman–Crippen LogP) is 1.89. The van der Waals surface area contributed by atoms with E-state index in [1.54, 1.807) is 0 Å². The van der Waals surface area contributed by atoms with Crippen LogP contribution in [0.1, 0.15) is 27.7 Å². The molecule has 0 unspecified atom stereocenters. The molecule has 0 atom stereocenters. The lowest BCUT2D eigenvalue weighted by Gasteiger charge is -2.05. The molecule has 0 aliphatic carbocycles. The molecule has 0 radical (unpaired) electrons. The number of hydrogen-bond acceptors (Lipinski definition) is 0. The smallest absolute Gasteiger partial charge is 0.203 e. The lowest BCUT2D eigenvalue weighted by Crippen LogP contribution is -2.34. The van der Waals surface area contributed by atoms with Crippen molar-refractivity contribution < 1.29 is 4.57 Å². The van der Waals surface area contributed by atoms with Gasteiger partial charge in [-0.05, 0) is 24.2 Å². The van der Waals surface area contributed by atoms with Gasteiger partial charge in [0.2, 0.25) is 6.33 Å². The van der Waals surface area contributed by atoms with Crippen LogP contribution in [0.3, 0.4) is 0 Å². The molecule has 0 saturated carbocycles. The first-order valence-electron chi connectivity index (χ1n) is 5.06. The Morgan fingerprint density at radius 2 is 1.92 bits per heavy atom. The zero-order valence-corrected chi connectivity index (χ0v) is 9.12. The van der Waals surface area contributed by atoms with Crippen molar-refractivity contribution in [3.63, 3.8) is 0 Å². The van der Waals surface area contributed by atoms with Crippen molar-refractivity contribution in [2.75, 3.05) is 0 Å². The first-order valence-corrected chi connectivity index (χ1v) is 5.06. The topological polar surface area (TPSA) is 8.81 Å². The van der Waals surface area contributed by atoms with Crippen molar-refractivity contribution >= 4 is 0 Å². The molecule has 0 aliphatic rings. The molecule has 0 fully saturated rings. The van der Waals surface area contributed by atoms with Gasteiger partial charge in [0.1, 0.15) is 0 Å². The first kappa shape index (κ1) is 10.3. The summed E-state index contributed by atoms with van der Waals surface area (Å²) in [5.74, 6) is 1.38. The van der Waals surface area contributed by atoms with Gasteiger partial charge >= 0.3 is 0 Å². The molecule has 1 rings (SSSR count). The van der Waals surface area contributed by atoms with Crippen molar-refractivity contribution in [3.05, 3.63) is 18.7 Å². The molecule has 2 nitrogen and oxygen atoms in total. The third kappa shape index (κ3) is 3.62. The summed E-state index contributed by atoms with van der Waals surface area (Å²) in [6.07, 6.45) is 7.51. The Kier molecular flexibility index (Phi) is 3.52. The Morgan fingerprint density at radius 3 is 2.46 bits per heavy atom. The molecule has 0 bridgehead atoms. The highest BCUT2D eigenvalue weighted by Crippen LogP contribution is 1.97. The SMILES string of the molecule is CC(C)Cn1[c-][n+](CC(C)C)cc1. The molecule has 0 N–H and O–H groups in total. The maximum Gasteiger partial charge on any atom is 0.203 e. The molecule has 1 heterocycles. The van der Waals surface area contributed by atoms with E-state index in [4.69, 9.17) is 0 Å². The lowest BCUT2D eigenvalue weighted by molar-refractivity contribution is -0.705. The standard InChI is InChI=1S/C11H20N2/c1-10(2)7-12-5-6-13(9-12)8-11(3)4/h5-6,10-11H,7-8H2,1-4H3. The van der Waals surface area contributed by atoms with E-state index in [-0.39, 0.29) is 0 Å². The van der Waals surface area contributed by atoms with Crippen LogP contribution >= 0.6 is 0 Å². The van der Waals surface area contributed by atoms with Gasteiger partial charge in [-0.25, -0.2) is 0 Å². The summed E-state index contributed by atoms with van der Waals surface area (Å²) in [6, 6.07) is 0. The summed E-state index contributed by atoms with van der Waals surface area (Å²) in [4.78, 5) is 0. The van der Waals surface area contributed by atoms with Crippen molar-refractivity contribution in [2.45, 2.75) is 40.8 Å². The summed E-state index contributed by atoms with van der Waals surface area (Å²) in [7, 11) is 0. The minimum atomic E-state index is 0.691. The largest absolute Gasteiger partial charge is 0.351 e. The van der Waals surface area contributed by atoms with E-state index < -0.39 is 0 Å². The molecule has 2 heteroatoms. The summed E-state index contributed by atoms with van der Waals surface area (Å²) in [6.45, 7) is 11.0. The van der Waals surface area contributed by atoms with Crippen LogP contribution in [0.5, 0.6) is 0 Å². The normalized spacial score (nSPS) is 11.5. The van der Waals surface area contributed by atoms with Gasteiger partial charge in [-0.2, -0.15) is 0 Å². The third-order valence-electron chi connectivity index (χ3n) is 1.81. The van der Waals surface area contributed by atoms with Gasteiger partial charge in [-0.1, -0.05) is 27.7 Å². The van der Waals surface area contributed by atoms with Crippen LogP contribution in [0, 0.1) is 18.2 Å². The zero-order chi connectivity index (χ0) is 9.84. The van der Waals surface area contributed by atoms with Crippen LogP contribution in [-0.2, 0) is 13.1 Å². The van der Waals surface area contributed by atoms with Gasteiger partial charge in [-0.3, -0.25) is 0 Å². The summed E-state index contributed by atoms with van der Waals surface area (Å²) in [5, 5.41) is 0. The summed E-state index contributed by atoms with van der Waals surface area (Å²) < 4.78 is 4.26. The quantitative estimate of drug-likeness (QED) is 0.494. The van der Waals surface area contributed by atoms with Crippen molar-refractivity contribution in [1.82, 2.24) is 4.57 Å². The molecule has 0 saturated heterocycles. The van der Waals surface area contributed by atoms with Crippen molar-refractivity contribution in [3.8, 4) is 0 Å². The van der Waals surface area contributed by atoms with Gasteiger partial charge in [0.15, 0.2) is 0 Å². The number of aromatic nitrogens is 2. The van der Waals surface area contributed by atoms with Crippen molar-refractivity contribution in [2.24, 2.45) is 11.8 Å². The Morgan fingerprint density at radius 1 is 1.23 bits per heavy atom. The molecule has 74 valence electrons. The summed E-state index contributed by atoms with van der Waals surface area (Å²) in [5.41, 5.74) is 0. The molecule has 1 aromatic heterocycles. The molecule has 1 aromatic rings. The van der Waals surface area contributed by atoms with E-state index in [2.05, 4.69) is 55.6 Å². The van der Waals surface area contributed by atoms with E-state index in [1.165, 1.54) is 0 Å². The highest BCUT2D eigenvalue weighted by Gasteiger charge is 2.00. The van der Waals surface area contributed by atoms with E-state index in [9.17, 15) is 0 Å². The molecular formula is C11H20N2. The molecule has 0 aliphatic heterocycles. The third-order valence-corrected chi connectivity index (χ3v) is 1.81. The maximum atomic E-state index is 3.31. The van der Waals surface area contributed by atoms with Gasteiger partial charge in [-0.15, -0.1) is 0 Å². The Bertz CT molecular complexity index is 224. The minimum absolute atomic E-state index is 0.691. The minimum Gasteiger partial charge on any atom is -0.351 e. The number of imidazole rings is 1. The highest BCUT2D eigenvalue weighted by atomic mass is 15.1. The Labute approximate surface area is 81.2 Å². The number of rotatable bonds is 4. The second-order valence-electron chi connectivity index (χ2n) is 4.49.